The second-order valence-corrected chi connectivity index (χ2v) is 4.00. The number of fused-ring (bicyclic) bond motifs is 1. The summed E-state index contributed by atoms with van der Waals surface area (Å²) in [6.45, 7) is 0. The molecule has 18 heavy (non-hydrogen) atoms. The lowest BCUT2D eigenvalue weighted by molar-refractivity contribution is 0.0698. The minimum absolute atomic E-state index is 0.197. The number of benzene rings is 2. The molecule has 0 spiro atoms. The first-order chi connectivity index (χ1) is 8.77. The van der Waals surface area contributed by atoms with Crippen molar-refractivity contribution >= 4 is 16.9 Å². The SMILES string of the molecule is O=C(O)c1coc2c(-c3ccccc3)cccc12. The maximum absolute atomic E-state index is 11.1. The maximum Gasteiger partial charge on any atom is 0.339 e. The highest BCUT2D eigenvalue weighted by Gasteiger charge is 2.15. The van der Waals surface area contributed by atoms with Gasteiger partial charge in [0.05, 0.1) is 0 Å². The molecule has 0 atom stereocenters. The van der Waals surface area contributed by atoms with Gasteiger partial charge in [-0.05, 0) is 5.56 Å². The third-order valence-corrected chi connectivity index (χ3v) is 2.92. The predicted molar refractivity (Wildman–Crippen MR) is 68.6 cm³/mol. The molecule has 0 saturated heterocycles. The number of aromatic carboxylic acids is 1. The van der Waals surface area contributed by atoms with Gasteiger partial charge in [0.1, 0.15) is 17.4 Å². The molecule has 0 amide bonds. The summed E-state index contributed by atoms with van der Waals surface area (Å²) in [7, 11) is 0. The summed E-state index contributed by atoms with van der Waals surface area (Å²) in [6, 6.07) is 15.3. The number of hydrogen-bond donors (Lipinski definition) is 1. The zero-order chi connectivity index (χ0) is 12.5. The predicted octanol–water partition coefficient (Wildman–Crippen LogP) is 3.80. The lowest BCUT2D eigenvalue weighted by Gasteiger charge is -2.01. The van der Waals surface area contributed by atoms with Crippen molar-refractivity contribution in [3.63, 3.8) is 0 Å². The zero-order valence-electron chi connectivity index (χ0n) is 9.46. The van der Waals surface area contributed by atoms with Crippen LogP contribution in [0.4, 0.5) is 0 Å². The van der Waals surface area contributed by atoms with Crippen molar-refractivity contribution in [2.24, 2.45) is 0 Å². The van der Waals surface area contributed by atoms with E-state index in [1.54, 1.807) is 6.07 Å². The first kappa shape index (κ1) is 10.6. The highest BCUT2D eigenvalue weighted by Crippen LogP contribution is 2.31. The number of carboxylic acids is 1. The molecule has 0 radical (unpaired) electrons. The van der Waals surface area contributed by atoms with E-state index in [1.165, 1.54) is 6.26 Å². The average molecular weight is 238 g/mol. The monoisotopic (exact) mass is 238 g/mol. The van der Waals surface area contributed by atoms with E-state index >= 15 is 0 Å². The van der Waals surface area contributed by atoms with E-state index < -0.39 is 5.97 Å². The topological polar surface area (TPSA) is 50.4 Å². The number of rotatable bonds is 2. The van der Waals surface area contributed by atoms with Gasteiger partial charge >= 0.3 is 5.97 Å². The summed E-state index contributed by atoms with van der Waals surface area (Å²) in [4.78, 5) is 11.1. The summed E-state index contributed by atoms with van der Waals surface area (Å²) in [6.07, 6.45) is 1.29. The fourth-order valence-corrected chi connectivity index (χ4v) is 2.07. The Morgan fingerprint density at radius 2 is 1.78 bits per heavy atom. The summed E-state index contributed by atoms with van der Waals surface area (Å²) in [5.41, 5.74) is 2.72. The minimum atomic E-state index is -0.973. The van der Waals surface area contributed by atoms with Crippen molar-refractivity contribution < 1.29 is 14.3 Å². The molecule has 0 aliphatic heterocycles. The Morgan fingerprint density at radius 1 is 1.00 bits per heavy atom. The Bertz CT molecular complexity index is 711. The van der Waals surface area contributed by atoms with Gasteiger partial charge in [-0.2, -0.15) is 0 Å². The normalized spacial score (nSPS) is 10.7. The lowest BCUT2D eigenvalue weighted by Crippen LogP contribution is -1.93. The molecule has 0 saturated carbocycles. The van der Waals surface area contributed by atoms with E-state index in [0.29, 0.717) is 11.0 Å². The van der Waals surface area contributed by atoms with Crippen molar-refractivity contribution in [2.75, 3.05) is 0 Å². The number of carbonyl (C=O) groups is 1. The molecule has 3 aromatic rings. The molecule has 1 N–H and O–H groups in total. The number of furan rings is 1. The Hall–Kier alpha value is -2.55. The Balaban J connectivity index is 2.29. The standard InChI is InChI=1S/C15H10O3/c16-15(17)13-9-18-14-11(7-4-8-12(13)14)10-5-2-1-3-6-10/h1-9H,(H,16,17). The van der Waals surface area contributed by atoms with Crippen LogP contribution < -0.4 is 0 Å². The quantitative estimate of drug-likeness (QED) is 0.738. The minimum Gasteiger partial charge on any atom is -0.478 e. The molecule has 1 heterocycles. The van der Waals surface area contributed by atoms with Crippen molar-refractivity contribution in [1.82, 2.24) is 0 Å². The molecule has 0 fully saturated rings. The Labute approximate surface area is 103 Å². The van der Waals surface area contributed by atoms with E-state index in [0.717, 1.165) is 11.1 Å². The molecule has 2 aromatic carbocycles. The van der Waals surface area contributed by atoms with Crippen molar-refractivity contribution in [1.29, 1.82) is 0 Å². The molecule has 0 bridgehead atoms. The van der Waals surface area contributed by atoms with Gasteiger partial charge in [-0.25, -0.2) is 4.79 Å². The second-order valence-electron chi connectivity index (χ2n) is 4.00. The van der Waals surface area contributed by atoms with Crippen LogP contribution in [-0.2, 0) is 0 Å². The smallest absolute Gasteiger partial charge is 0.339 e. The zero-order valence-corrected chi connectivity index (χ0v) is 9.46. The van der Waals surface area contributed by atoms with Crippen molar-refractivity contribution in [3.05, 3.63) is 60.4 Å². The van der Waals surface area contributed by atoms with Crippen LogP contribution in [0.2, 0.25) is 0 Å². The van der Waals surface area contributed by atoms with Gasteiger partial charge in [-0.1, -0.05) is 48.5 Å². The van der Waals surface area contributed by atoms with Crippen LogP contribution in [0.15, 0.2) is 59.2 Å². The summed E-state index contributed by atoms with van der Waals surface area (Å²) in [5, 5.41) is 9.70. The first-order valence-corrected chi connectivity index (χ1v) is 5.56. The van der Waals surface area contributed by atoms with Crippen LogP contribution in [0.3, 0.4) is 0 Å². The fraction of sp³-hybridized carbons (Fsp3) is 0. The molecule has 3 heteroatoms. The van der Waals surface area contributed by atoms with E-state index in [2.05, 4.69) is 0 Å². The van der Waals surface area contributed by atoms with Gasteiger partial charge in [-0.15, -0.1) is 0 Å². The number of para-hydroxylation sites is 1. The van der Waals surface area contributed by atoms with E-state index in [9.17, 15) is 4.79 Å². The van der Waals surface area contributed by atoms with Gasteiger partial charge < -0.3 is 9.52 Å². The van der Waals surface area contributed by atoms with E-state index in [1.807, 2.05) is 42.5 Å². The van der Waals surface area contributed by atoms with Crippen LogP contribution in [0.1, 0.15) is 10.4 Å². The third-order valence-electron chi connectivity index (χ3n) is 2.92. The molecule has 88 valence electrons. The third kappa shape index (κ3) is 1.57. The van der Waals surface area contributed by atoms with Crippen molar-refractivity contribution in [2.45, 2.75) is 0 Å². The largest absolute Gasteiger partial charge is 0.478 e. The molecule has 3 rings (SSSR count). The van der Waals surface area contributed by atoms with Crippen LogP contribution in [0, 0.1) is 0 Å². The number of hydrogen-bond acceptors (Lipinski definition) is 2. The van der Waals surface area contributed by atoms with Gasteiger partial charge in [-0.3, -0.25) is 0 Å². The molecule has 0 aliphatic carbocycles. The van der Waals surface area contributed by atoms with Gasteiger partial charge in [0.15, 0.2) is 0 Å². The summed E-state index contributed by atoms with van der Waals surface area (Å²) < 4.78 is 5.42. The molecular formula is C15H10O3. The van der Waals surface area contributed by atoms with Crippen LogP contribution in [0.5, 0.6) is 0 Å². The van der Waals surface area contributed by atoms with Crippen LogP contribution in [0.25, 0.3) is 22.1 Å². The summed E-state index contributed by atoms with van der Waals surface area (Å²) >= 11 is 0. The molecule has 3 nitrogen and oxygen atoms in total. The van der Waals surface area contributed by atoms with E-state index in [4.69, 9.17) is 9.52 Å². The molecule has 0 aliphatic rings. The Morgan fingerprint density at radius 3 is 2.50 bits per heavy atom. The van der Waals surface area contributed by atoms with E-state index in [-0.39, 0.29) is 5.56 Å². The average Bonchev–Trinajstić information content (AvgIpc) is 2.83. The van der Waals surface area contributed by atoms with Gasteiger partial charge in [0.25, 0.3) is 0 Å². The molecular weight excluding hydrogens is 228 g/mol. The molecule has 0 unspecified atom stereocenters. The van der Waals surface area contributed by atoms with Crippen LogP contribution in [-0.4, -0.2) is 11.1 Å². The highest BCUT2D eigenvalue weighted by molar-refractivity contribution is 6.06. The fourth-order valence-electron chi connectivity index (χ4n) is 2.07. The van der Waals surface area contributed by atoms with Gasteiger partial charge in [0.2, 0.25) is 0 Å². The van der Waals surface area contributed by atoms with Gasteiger partial charge in [0, 0.05) is 10.9 Å². The lowest BCUT2D eigenvalue weighted by atomic mass is 10.0. The molecule has 1 aromatic heterocycles. The van der Waals surface area contributed by atoms with Crippen LogP contribution >= 0.6 is 0 Å². The Kier molecular flexibility index (Phi) is 2.38. The summed E-state index contributed by atoms with van der Waals surface area (Å²) in [5.74, 6) is -0.973. The van der Waals surface area contributed by atoms with Crippen molar-refractivity contribution in [3.8, 4) is 11.1 Å². The highest BCUT2D eigenvalue weighted by atomic mass is 16.4. The number of carboxylic acid groups (broad SMARTS) is 1. The first-order valence-electron chi connectivity index (χ1n) is 5.56. The second kappa shape index (κ2) is 4.04. The maximum atomic E-state index is 11.1.